The lowest BCUT2D eigenvalue weighted by Crippen LogP contribution is -2.02. The summed E-state index contributed by atoms with van der Waals surface area (Å²) in [5.41, 5.74) is 5.20. The smallest absolute Gasteiger partial charge is 0.0757 e. The highest BCUT2D eigenvalue weighted by Crippen LogP contribution is 2.26. The van der Waals surface area contributed by atoms with E-state index in [4.69, 9.17) is 0 Å². The zero-order valence-corrected chi connectivity index (χ0v) is 12.8. The van der Waals surface area contributed by atoms with Crippen LogP contribution in [-0.2, 0) is 12.8 Å². The number of fused-ring (bicyclic) bond motifs is 1. The molecule has 0 fully saturated rings. The van der Waals surface area contributed by atoms with Gasteiger partial charge in [-0.15, -0.1) is 18.3 Å². The van der Waals surface area contributed by atoms with Crippen LogP contribution in [0.3, 0.4) is 0 Å². The van der Waals surface area contributed by atoms with Gasteiger partial charge in [0.1, 0.15) is 0 Å². The van der Waals surface area contributed by atoms with Crippen molar-refractivity contribution in [2.45, 2.75) is 32.6 Å². The monoisotopic (exact) mass is 273 g/mol. The first kappa shape index (κ1) is 15.8. The van der Waals surface area contributed by atoms with Crippen molar-refractivity contribution in [3.8, 4) is 0 Å². The van der Waals surface area contributed by atoms with Crippen molar-refractivity contribution in [2.75, 3.05) is 6.26 Å². The van der Waals surface area contributed by atoms with Crippen LogP contribution < -0.4 is 0 Å². The van der Waals surface area contributed by atoms with Crippen molar-refractivity contribution in [1.82, 2.24) is 0 Å². The van der Waals surface area contributed by atoms with Gasteiger partial charge < -0.3 is 0 Å². The summed E-state index contributed by atoms with van der Waals surface area (Å²) in [6.07, 6.45) is 8.90. The van der Waals surface area contributed by atoms with Gasteiger partial charge in [-0.3, -0.25) is 4.99 Å². The molecular formula is C17H23NS. The van der Waals surface area contributed by atoms with Gasteiger partial charge in [-0.05, 0) is 68.2 Å². The Labute approximate surface area is 121 Å². The van der Waals surface area contributed by atoms with Crippen LogP contribution >= 0.6 is 11.8 Å². The van der Waals surface area contributed by atoms with E-state index in [1.807, 2.05) is 13.2 Å². The molecule has 1 aliphatic rings. The highest BCUT2D eigenvalue weighted by atomic mass is 32.2. The Morgan fingerprint density at radius 1 is 1.26 bits per heavy atom. The second-order valence-electron chi connectivity index (χ2n) is 4.50. The van der Waals surface area contributed by atoms with E-state index in [1.165, 1.54) is 42.4 Å². The van der Waals surface area contributed by atoms with Gasteiger partial charge in [0, 0.05) is 5.56 Å². The fourth-order valence-corrected chi connectivity index (χ4v) is 2.63. The highest BCUT2D eigenvalue weighted by Gasteiger charge is 2.10. The third-order valence-electron chi connectivity index (χ3n) is 3.04. The predicted octanol–water partition coefficient (Wildman–Crippen LogP) is 5.12. The lowest BCUT2D eigenvalue weighted by Gasteiger charge is -2.16. The number of hydrogen-bond donors (Lipinski definition) is 0. The van der Waals surface area contributed by atoms with E-state index in [-0.39, 0.29) is 0 Å². The Morgan fingerprint density at radius 2 is 1.89 bits per heavy atom. The fourth-order valence-electron chi connectivity index (χ4n) is 2.20. The van der Waals surface area contributed by atoms with E-state index in [0.717, 1.165) is 5.70 Å². The number of benzene rings is 1. The Bertz CT molecular complexity index is 460. The van der Waals surface area contributed by atoms with E-state index >= 15 is 0 Å². The molecule has 0 atom stereocenters. The summed E-state index contributed by atoms with van der Waals surface area (Å²) in [6.45, 7) is 8.89. The standard InChI is InChI=1S/C14H17NS.C3H6/c1-15-14(10-16-2)13-8-7-11-5-3-4-6-12(11)9-13;1-3-2/h7-10H,1,3-6H2,2H3;3H,1H2,2H3/b14-10-;. The normalized spacial score (nSPS) is 13.9. The quantitative estimate of drug-likeness (QED) is 0.550. The zero-order chi connectivity index (χ0) is 14.1. The molecule has 0 amide bonds. The molecule has 0 aliphatic heterocycles. The first-order valence-electron chi connectivity index (χ1n) is 6.65. The minimum Gasteiger partial charge on any atom is -0.263 e. The minimum atomic E-state index is 0.987. The maximum atomic E-state index is 4.09. The first-order chi connectivity index (χ1) is 9.26. The van der Waals surface area contributed by atoms with Crippen molar-refractivity contribution in [3.63, 3.8) is 0 Å². The molecule has 102 valence electrons. The van der Waals surface area contributed by atoms with Gasteiger partial charge >= 0.3 is 0 Å². The first-order valence-corrected chi connectivity index (χ1v) is 7.94. The molecule has 0 radical (unpaired) electrons. The van der Waals surface area contributed by atoms with Crippen LogP contribution in [0.4, 0.5) is 0 Å². The van der Waals surface area contributed by atoms with Crippen LogP contribution in [0.15, 0.2) is 41.3 Å². The summed E-state index contributed by atoms with van der Waals surface area (Å²) in [5.74, 6) is 0. The maximum Gasteiger partial charge on any atom is 0.0757 e. The molecule has 1 aromatic rings. The maximum absolute atomic E-state index is 4.09. The topological polar surface area (TPSA) is 12.4 Å². The van der Waals surface area contributed by atoms with Crippen LogP contribution in [-0.4, -0.2) is 13.0 Å². The van der Waals surface area contributed by atoms with Crippen LogP contribution in [0.1, 0.15) is 36.5 Å². The molecule has 0 bridgehead atoms. The summed E-state index contributed by atoms with van der Waals surface area (Å²) in [6, 6.07) is 6.70. The van der Waals surface area contributed by atoms with Gasteiger partial charge in [-0.1, -0.05) is 18.2 Å². The largest absolute Gasteiger partial charge is 0.263 e. The third kappa shape index (κ3) is 4.71. The second kappa shape index (κ2) is 8.76. The predicted molar refractivity (Wildman–Crippen MR) is 90.0 cm³/mol. The van der Waals surface area contributed by atoms with Gasteiger partial charge in [0.15, 0.2) is 0 Å². The fraction of sp³-hybridized carbons (Fsp3) is 0.353. The van der Waals surface area contributed by atoms with E-state index in [9.17, 15) is 0 Å². The minimum absolute atomic E-state index is 0.987. The number of nitrogens with zero attached hydrogens (tertiary/aromatic N) is 1. The molecule has 0 saturated heterocycles. The van der Waals surface area contributed by atoms with E-state index in [2.05, 4.69) is 41.9 Å². The molecule has 0 N–H and O–H groups in total. The Balaban J connectivity index is 0.000000550. The Hall–Kier alpha value is -1.28. The number of allylic oxidation sites excluding steroid dienone is 1. The summed E-state index contributed by atoms with van der Waals surface area (Å²) >= 11 is 1.67. The summed E-state index contributed by atoms with van der Waals surface area (Å²) in [4.78, 5) is 4.09. The van der Waals surface area contributed by atoms with Gasteiger partial charge in [-0.25, -0.2) is 0 Å². The molecule has 0 heterocycles. The molecule has 2 heteroatoms. The average molecular weight is 273 g/mol. The summed E-state index contributed by atoms with van der Waals surface area (Å²) < 4.78 is 0. The molecule has 1 aliphatic carbocycles. The highest BCUT2D eigenvalue weighted by molar-refractivity contribution is 8.01. The van der Waals surface area contributed by atoms with Crippen molar-refractivity contribution in [2.24, 2.45) is 4.99 Å². The number of aryl methyl sites for hydroxylation is 2. The van der Waals surface area contributed by atoms with Gasteiger partial charge in [0.2, 0.25) is 0 Å². The lowest BCUT2D eigenvalue weighted by molar-refractivity contribution is 0.685. The lowest BCUT2D eigenvalue weighted by atomic mass is 9.90. The summed E-state index contributed by atoms with van der Waals surface area (Å²) in [5, 5.41) is 2.05. The van der Waals surface area contributed by atoms with E-state index in [1.54, 1.807) is 17.8 Å². The van der Waals surface area contributed by atoms with Crippen LogP contribution in [0.2, 0.25) is 0 Å². The number of aliphatic imine (C=N–C) groups is 1. The molecule has 0 spiro atoms. The Morgan fingerprint density at radius 3 is 2.47 bits per heavy atom. The average Bonchev–Trinajstić information content (AvgIpc) is 2.45. The summed E-state index contributed by atoms with van der Waals surface area (Å²) in [7, 11) is 0. The van der Waals surface area contributed by atoms with Gasteiger partial charge in [-0.2, -0.15) is 0 Å². The van der Waals surface area contributed by atoms with Crippen LogP contribution in [0, 0.1) is 0 Å². The van der Waals surface area contributed by atoms with Gasteiger partial charge in [0.25, 0.3) is 0 Å². The number of thioether (sulfide) groups is 1. The van der Waals surface area contributed by atoms with E-state index < -0.39 is 0 Å². The molecule has 2 rings (SSSR count). The second-order valence-corrected chi connectivity index (χ2v) is 5.20. The van der Waals surface area contributed by atoms with Crippen molar-refractivity contribution in [1.29, 1.82) is 0 Å². The molecule has 19 heavy (non-hydrogen) atoms. The van der Waals surface area contributed by atoms with Crippen LogP contribution in [0.25, 0.3) is 5.70 Å². The molecule has 0 saturated carbocycles. The van der Waals surface area contributed by atoms with E-state index in [0.29, 0.717) is 0 Å². The van der Waals surface area contributed by atoms with Crippen molar-refractivity contribution >= 4 is 24.2 Å². The molecule has 1 aromatic carbocycles. The van der Waals surface area contributed by atoms with Crippen molar-refractivity contribution < 1.29 is 0 Å². The molecule has 1 nitrogen and oxygen atoms in total. The molecular weight excluding hydrogens is 250 g/mol. The van der Waals surface area contributed by atoms with Gasteiger partial charge in [0.05, 0.1) is 5.70 Å². The Kier molecular flexibility index (Phi) is 7.27. The number of hydrogen-bond acceptors (Lipinski definition) is 2. The zero-order valence-electron chi connectivity index (χ0n) is 12.0. The molecule has 0 unspecified atom stereocenters. The SMILES string of the molecule is C=CC.C=N/C(=C\SC)c1ccc2c(c1)CCCC2. The van der Waals surface area contributed by atoms with Crippen LogP contribution in [0.5, 0.6) is 0 Å². The molecule has 0 aromatic heterocycles. The number of rotatable bonds is 3. The van der Waals surface area contributed by atoms with Crippen molar-refractivity contribution in [3.05, 3.63) is 53.0 Å². The third-order valence-corrected chi connectivity index (χ3v) is 3.50.